The summed E-state index contributed by atoms with van der Waals surface area (Å²) in [6.45, 7) is 0. The van der Waals surface area contributed by atoms with Crippen LogP contribution in [0.3, 0.4) is 0 Å². The summed E-state index contributed by atoms with van der Waals surface area (Å²) in [4.78, 5) is 19.3. The fraction of sp³-hybridized carbons (Fsp3) is 0.667. The Morgan fingerprint density at radius 2 is 2.00 bits per heavy atom. The fourth-order valence-electron chi connectivity index (χ4n) is 0.187. The number of carbonyl (C=O) groups excluding carboxylic acids is 1. The first kappa shape index (κ1) is 7.03. The van der Waals surface area contributed by atoms with Crippen molar-refractivity contribution in [1.29, 1.82) is 0 Å². The first-order valence-electron chi connectivity index (χ1n) is 1.97. The van der Waals surface area contributed by atoms with Gasteiger partial charge in [0.1, 0.15) is 0 Å². The van der Waals surface area contributed by atoms with Gasteiger partial charge in [0.25, 0.3) is 0 Å². The highest BCUT2D eigenvalue weighted by Gasteiger charge is 1.99. The Hall–Kier alpha value is -0.970. The molecular weight excluding hydrogens is 110 g/mol. The van der Waals surface area contributed by atoms with Gasteiger partial charge in [0.15, 0.2) is 0 Å². The van der Waals surface area contributed by atoms with Gasteiger partial charge in [0.05, 0.1) is 5.29 Å². The molecule has 1 amide bonds. The van der Waals surface area contributed by atoms with Gasteiger partial charge in [-0.25, -0.2) is 5.01 Å². The molecule has 0 N–H and O–H groups in total. The number of rotatable bonds is 3. The van der Waals surface area contributed by atoms with E-state index in [-0.39, 0.29) is 0 Å². The molecule has 0 aliphatic carbocycles. The van der Waals surface area contributed by atoms with Crippen LogP contribution in [0.15, 0.2) is 5.29 Å². The third-order valence-corrected chi connectivity index (χ3v) is 0.588. The molecule has 0 unspecified atom stereocenters. The van der Waals surface area contributed by atoms with Gasteiger partial charge in [-0.3, -0.25) is 4.79 Å². The van der Waals surface area contributed by atoms with Crippen molar-refractivity contribution in [3.05, 3.63) is 4.91 Å². The summed E-state index contributed by atoms with van der Waals surface area (Å²) in [5.41, 5.74) is 0. The number of carbonyl (C=O) groups is 1. The van der Waals surface area contributed by atoms with Gasteiger partial charge in [0, 0.05) is 14.1 Å². The molecule has 0 spiro atoms. The van der Waals surface area contributed by atoms with Crippen molar-refractivity contribution in [3.8, 4) is 0 Å². The molecule has 0 rings (SSSR count). The van der Waals surface area contributed by atoms with Gasteiger partial charge in [-0.05, 0) is 0 Å². The van der Waals surface area contributed by atoms with E-state index in [1.807, 2.05) is 0 Å². The van der Waals surface area contributed by atoms with Crippen LogP contribution < -0.4 is 0 Å². The van der Waals surface area contributed by atoms with Crippen LogP contribution in [0.1, 0.15) is 0 Å². The van der Waals surface area contributed by atoms with Crippen LogP contribution in [0.2, 0.25) is 0 Å². The highest BCUT2D eigenvalue weighted by atomic mass is 16.3. The lowest BCUT2D eigenvalue weighted by molar-refractivity contribution is -0.130. The Bertz CT molecular complexity index is 84.5. The molecule has 0 saturated heterocycles. The normalized spacial score (nSPS) is 8.88. The molecule has 0 aliphatic rings. The summed E-state index contributed by atoms with van der Waals surface area (Å²) in [6.07, 6.45) is 0.326. The SMILES string of the molecule is CN(C)N(C=O)N=O. The van der Waals surface area contributed by atoms with Crippen molar-refractivity contribution in [3.63, 3.8) is 0 Å². The number of hydrogen-bond acceptors (Lipinski definition) is 4. The largest absolute Gasteiger partial charge is 0.275 e. The minimum Gasteiger partial charge on any atom is -0.275 e. The number of nitrogens with zero attached hydrogens (tertiary/aromatic N) is 3. The topological polar surface area (TPSA) is 53.0 Å². The zero-order chi connectivity index (χ0) is 6.57. The molecule has 0 radical (unpaired) electrons. The quantitative estimate of drug-likeness (QED) is 0.287. The Morgan fingerprint density at radius 1 is 1.50 bits per heavy atom. The van der Waals surface area contributed by atoms with E-state index in [0.29, 0.717) is 11.5 Å². The molecule has 0 heterocycles. The smallest absolute Gasteiger partial charge is 0.248 e. The van der Waals surface area contributed by atoms with Crippen LogP contribution in [-0.2, 0) is 4.79 Å². The average Bonchev–Trinajstić information content (AvgIpc) is 1.69. The summed E-state index contributed by atoms with van der Waals surface area (Å²) >= 11 is 0. The maximum atomic E-state index is 9.77. The number of hydrazine groups is 1. The van der Waals surface area contributed by atoms with Crippen molar-refractivity contribution in [2.24, 2.45) is 5.29 Å². The maximum absolute atomic E-state index is 9.77. The predicted molar refractivity (Wildman–Crippen MR) is 27.4 cm³/mol. The molecule has 46 valence electrons. The van der Waals surface area contributed by atoms with Crippen LogP contribution in [0.4, 0.5) is 0 Å². The van der Waals surface area contributed by atoms with E-state index < -0.39 is 0 Å². The molecule has 5 heteroatoms. The van der Waals surface area contributed by atoms with E-state index in [2.05, 4.69) is 5.29 Å². The van der Waals surface area contributed by atoms with Crippen LogP contribution in [0, 0.1) is 4.91 Å². The molecule has 0 bridgehead atoms. The number of nitroso groups, excluding NO2 is 1. The molecular formula is C3H7N3O2. The van der Waals surface area contributed by atoms with E-state index in [9.17, 15) is 9.70 Å². The predicted octanol–water partition coefficient (Wildman–Crippen LogP) is -0.397. The van der Waals surface area contributed by atoms with Crippen molar-refractivity contribution < 1.29 is 4.79 Å². The minimum atomic E-state index is 0.326. The molecule has 0 atom stereocenters. The van der Waals surface area contributed by atoms with Crippen molar-refractivity contribution in [1.82, 2.24) is 10.1 Å². The standard InChI is InChI=1S/C3H7N3O2/c1-5(2)6(3-7)4-8/h3H,1-2H3. The summed E-state index contributed by atoms with van der Waals surface area (Å²) in [7, 11) is 3.08. The minimum absolute atomic E-state index is 0.326. The van der Waals surface area contributed by atoms with Gasteiger partial charge in [0.2, 0.25) is 6.41 Å². The first-order valence-corrected chi connectivity index (χ1v) is 1.97. The highest BCUT2D eigenvalue weighted by molar-refractivity contribution is 5.45. The second kappa shape index (κ2) is 3.09. The molecule has 0 aromatic heterocycles. The summed E-state index contributed by atoms with van der Waals surface area (Å²) < 4.78 is 0. The molecule has 0 fully saturated rings. The molecule has 0 aromatic carbocycles. The van der Waals surface area contributed by atoms with Gasteiger partial charge in [-0.1, -0.05) is 0 Å². The van der Waals surface area contributed by atoms with Crippen LogP contribution in [0.25, 0.3) is 0 Å². The molecule has 0 aliphatic heterocycles. The number of hydrogen-bond donors (Lipinski definition) is 0. The third kappa shape index (κ3) is 1.65. The zero-order valence-corrected chi connectivity index (χ0v) is 4.74. The fourth-order valence-corrected chi connectivity index (χ4v) is 0.187. The first-order chi connectivity index (χ1) is 3.72. The summed E-state index contributed by atoms with van der Waals surface area (Å²) in [5, 5.41) is 4.25. The Morgan fingerprint density at radius 3 is 2.00 bits per heavy atom. The lowest BCUT2D eigenvalue weighted by atomic mass is 11.1. The van der Waals surface area contributed by atoms with Gasteiger partial charge >= 0.3 is 0 Å². The monoisotopic (exact) mass is 117 g/mol. The lowest BCUT2D eigenvalue weighted by Gasteiger charge is -2.12. The molecule has 5 nitrogen and oxygen atoms in total. The van der Waals surface area contributed by atoms with E-state index in [1.54, 1.807) is 0 Å². The second-order valence-corrected chi connectivity index (χ2v) is 1.35. The van der Waals surface area contributed by atoms with Crippen LogP contribution >= 0.6 is 0 Å². The van der Waals surface area contributed by atoms with Gasteiger partial charge < -0.3 is 0 Å². The van der Waals surface area contributed by atoms with E-state index in [4.69, 9.17) is 0 Å². The van der Waals surface area contributed by atoms with E-state index >= 15 is 0 Å². The van der Waals surface area contributed by atoms with Crippen LogP contribution in [-0.4, -0.2) is 30.6 Å². The lowest BCUT2D eigenvalue weighted by Crippen LogP contribution is -2.30. The highest BCUT2D eigenvalue weighted by Crippen LogP contribution is 1.83. The zero-order valence-electron chi connectivity index (χ0n) is 4.74. The molecule has 0 aromatic rings. The Balaban J connectivity index is 3.68. The number of amides is 1. The van der Waals surface area contributed by atoms with Gasteiger partial charge in [-0.15, -0.1) is 10.0 Å². The summed E-state index contributed by atoms with van der Waals surface area (Å²) in [5.74, 6) is 0. The van der Waals surface area contributed by atoms with Crippen LogP contribution in [0.5, 0.6) is 0 Å². The van der Waals surface area contributed by atoms with Gasteiger partial charge in [-0.2, -0.15) is 0 Å². The third-order valence-electron chi connectivity index (χ3n) is 0.588. The van der Waals surface area contributed by atoms with E-state index in [0.717, 1.165) is 0 Å². The summed E-state index contributed by atoms with van der Waals surface area (Å²) in [6, 6.07) is 0. The Kier molecular flexibility index (Phi) is 2.71. The van der Waals surface area contributed by atoms with E-state index in [1.165, 1.54) is 19.1 Å². The Labute approximate surface area is 46.8 Å². The molecule has 0 saturated carbocycles. The molecule has 8 heavy (non-hydrogen) atoms. The van der Waals surface area contributed by atoms with Crippen molar-refractivity contribution in [2.45, 2.75) is 0 Å². The maximum Gasteiger partial charge on any atom is 0.248 e. The van der Waals surface area contributed by atoms with Crippen molar-refractivity contribution in [2.75, 3.05) is 14.1 Å². The second-order valence-electron chi connectivity index (χ2n) is 1.35. The average molecular weight is 117 g/mol. The van der Waals surface area contributed by atoms with Crippen molar-refractivity contribution >= 4 is 6.41 Å².